The second-order valence-electron chi connectivity index (χ2n) is 9.89. The number of benzene rings is 1. The van der Waals surface area contributed by atoms with Crippen LogP contribution in [0.5, 0.6) is 5.75 Å². The molecule has 2 rings (SSSR count). The van der Waals surface area contributed by atoms with Crippen molar-refractivity contribution in [3.63, 3.8) is 0 Å². The van der Waals surface area contributed by atoms with Crippen molar-refractivity contribution in [2.24, 2.45) is 11.1 Å². The molecule has 7 N–H and O–H groups in total. The van der Waals surface area contributed by atoms with Crippen LogP contribution in [0.3, 0.4) is 0 Å². The van der Waals surface area contributed by atoms with Gasteiger partial charge in [-0.1, -0.05) is 32.9 Å². The molecule has 1 aromatic rings. The molecule has 0 radical (unpaired) electrons. The van der Waals surface area contributed by atoms with Gasteiger partial charge in [-0.2, -0.15) is 0 Å². The maximum Gasteiger partial charge on any atom is 0.252 e. The fraction of sp³-hybridized carbons (Fsp3) is 0.609. The van der Waals surface area contributed by atoms with Crippen molar-refractivity contribution in [1.82, 2.24) is 10.6 Å². The Balaban J connectivity index is 2.12. The lowest BCUT2D eigenvalue weighted by Gasteiger charge is -2.42. The first-order valence-electron chi connectivity index (χ1n) is 10.8. The van der Waals surface area contributed by atoms with Crippen LogP contribution in [0.25, 0.3) is 0 Å². The number of aliphatic hydroxyl groups is 3. The minimum atomic E-state index is -2.12. The highest BCUT2D eigenvalue weighted by atomic mass is 16.5. The number of carbonyl (C=O) groups is 3. The van der Waals surface area contributed by atoms with E-state index >= 15 is 0 Å². The molecule has 10 heteroatoms. The van der Waals surface area contributed by atoms with E-state index in [-0.39, 0.29) is 30.6 Å². The van der Waals surface area contributed by atoms with Crippen LogP contribution < -0.4 is 21.1 Å². The summed E-state index contributed by atoms with van der Waals surface area (Å²) in [5.74, 6) is -1.46. The molecule has 0 aromatic heterocycles. The molecule has 1 saturated carbocycles. The molecule has 3 amide bonds. The second-order valence-corrected chi connectivity index (χ2v) is 9.89. The highest BCUT2D eigenvalue weighted by molar-refractivity contribution is 5.91. The Labute approximate surface area is 193 Å². The van der Waals surface area contributed by atoms with Crippen LogP contribution in [-0.2, 0) is 20.8 Å². The van der Waals surface area contributed by atoms with Gasteiger partial charge >= 0.3 is 0 Å². The minimum Gasteiger partial charge on any atom is -0.497 e. The topological polar surface area (TPSA) is 171 Å². The molecule has 0 bridgehead atoms. The highest BCUT2D eigenvalue weighted by Gasteiger charge is 2.49. The Morgan fingerprint density at radius 2 is 1.79 bits per heavy atom. The first kappa shape index (κ1) is 26.6. The number of rotatable bonds is 8. The van der Waals surface area contributed by atoms with Gasteiger partial charge in [0.1, 0.15) is 23.5 Å². The lowest BCUT2D eigenvalue weighted by molar-refractivity contribution is -0.160. The summed E-state index contributed by atoms with van der Waals surface area (Å²) >= 11 is 0. The lowest BCUT2D eigenvalue weighted by Crippen LogP contribution is -2.64. The van der Waals surface area contributed by atoms with E-state index in [4.69, 9.17) is 10.5 Å². The molecule has 0 spiro atoms. The predicted molar refractivity (Wildman–Crippen MR) is 120 cm³/mol. The van der Waals surface area contributed by atoms with Crippen LogP contribution in [0.4, 0.5) is 0 Å². The van der Waals surface area contributed by atoms with E-state index in [9.17, 15) is 29.7 Å². The number of nitrogens with two attached hydrogens (primary N) is 1. The molecule has 0 saturated heterocycles. The maximum absolute atomic E-state index is 12.9. The molecule has 184 valence electrons. The molecule has 1 aromatic carbocycles. The summed E-state index contributed by atoms with van der Waals surface area (Å²) in [6.07, 6.45) is -3.36. The first-order valence-corrected chi connectivity index (χ1v) is 10.8. The van der Waals surface area contributed by atoms with Gasteiger partial charge in [0, 0.05) is 25.7 Å². The van der Waals surface area contributed by atoms with Crippen LogP contribution in [0.15, 0.2) is 24.3 Å². The smallest absolute Gasteiger partial charge is 0.252 e. The van der Waals surface area contributed by atoms with Gasteiger partial charge < -0.3 is 36.4 Å². The van der Waals surface area contributed by atoms with Crippen molar-refractivity contribution < 1.29 is 34.4 Å². The minimum absolute atomic E-state index is 0.0814. The van der Waals surface area contributed by atoms with Gasteiger partial charge in [-0.25, -0.2) is 0 Å². The molecule has 33 heavy (non-hydrogen) atoms. The largest absolute Gasteiger partial charge is 0.497 e. The Kier molecular flexibility index (Phi) is 8.45. The van der Waals surface area contributed by atoms with Crippen molar-refractivity contribution in [3.8, 4) is 5.75 Å². The van der Waals surface area contributed by atoms with Crippen LogP contribution in [0.1, 0.15) is 45.6 Å². The van der Waals surface area contributed by atoms with E-state index in [0.29, 0.717) is 11.3 Å². The average molecular weight is 466 g/mol. The number of nitrogens with one attached hydrogen (secondary N) is 2. The van der Waals surface area contributed by atoms with E-state index in [1.54, 1.807) is 24.3 Å². The van der Waals surface area contributed by atoms with E-state index in [2.05, 4.69) is 10.6 Å². The summed E-state index contributed by atoms with van der Waals surface area (Å²) < 4.78 is 5.09. The summed E-state index contributed by atoms with van der Waals surface area (Å²) in [4.78, 5) is 37.2. The van der Waals surface area contributed by atoms with Crippen molar-refractivity contribution in [1.29, 1.82) is 0 Å². The zero-order valence-electron chi connectivity index (χ0n) is 19.5. The normalized spacial score (nSPS) is 26.2. The molecule has 1 aliphatic rings. The zero-order chi connectivity index (χ0) is 25.0. The Morgan fingerprint density at radius 3 is 2.30 bits per heavy atom. The number of amides is 3. The summed E-state index contributed by atoms with van der Waals surface area (Å²) in [6.45, 7) is 5.61. The monoisotopic (exact) mass is 465 g/mol. The molecule has 0 unspecified atom stereocenters. The highest BCUT2D eigenvalue weighted by Crippen LogP contribution is 2.30. The summed E-state index contributed by atoms with van der Waals surface area (Å²) in [5, 5.41) is 36.6. The van der Waals surface area contributed by atoms with Gasteiger partial charge in [0.2, 0.25) is 11.8 Å². The summed E-state index contributed by atoms with van der Waals surface area (Å²) in [5.41, 5.74) is 3.73. The standard InChI is InChI=1S/C23H35N3O7/c1-22(2,3)12-18(28)25-16-10-23(32,11-17(27)19(16)29)21(31)26-15(20(24)30)9-13-5-7-14(33-4)8-6-13/h5-8,15-17,19,27,29,32H,9-12H2,1-4H3,(H2,24,30)(H,25,28)(H,26,31)/t15-,16-,17+,19+,23-/m0/s1. The molecule has 10 nitrogen and oxygen atoms in total. The molecule has 1 aliphatic carbocycles. The summed E-state index contributed by atoms with van der Waals surface area (Å²) in [6, 6.07) is 4.67. The lowest BCUT2D eigenvalue weighted by atomic mass is 9.77. The van der Waals surface area contributed by atoms with Crippen LogP contribution in [0, 0.1) is 5.41 Å². The molecule has 0 aliphatic heterocycles. The molecular formula is C23H35N3O7. The van der Waals surface area contributed by atoms with Crippen molar-refractivity contribution >= 4 is 17.7 Å². The van der Waals surface area contributed by atoms with Crippen molar-refractivity contribution in [3.05, 3.63) is 29.8 Å². The molecule has 0 heterocycles. The van der Waals surface area contributed by atoms with Gasteiger partial charge in [0.05, 0.1) is 19.3 Å². The first-order chi connectivity index (χ1) is 15.2. The predicted octanol–water partition coefficient (Wildman–Crippen LogP) is -0.624. The van der Waals surface area contributed by atoms with Crippen molar-refractivity contribution in [2.75, 3.05) is 7.11 Å². The molecular weight excluding hydrogens is 430 g/mol. The van der Waals surface area contributed by atoms with Gasteiger partial charge in [0.25, 0.3) is 5.91 Å². The van der Waals surface area contributed by atoms with Gasteiger partial charge in [-0.3, -0.25) is 14.4 Å². The maximum atomic E-state index is 12.9. The third-order valence-corrected chi connectivity index (χ3v) is 5.62. The number of methoxy groups -OCH3 is 1. The SMILES string of the molecule is COc1ccc(C[C@H](NC(=O)[C@@]2(O)C[C@@H](O)[C@H](O)[C@@H](NC(=O)CC(C)(C)C)C2)C(N)=O)cc1. The third-order valence-electron chi connectivity index (χ3n) is 5.62. The molecule has 5 atom stereocenters. The van der Waals surface area contributed by atoms with Crippen LogP contribution in [-0.4, -0.2) is 70.0 Å². The van der Waals surface area contributed by atoms with Gasteiger partial charge in [-0.05, 0) is 23.1 Å². The van der Waals surface area contributed by atoms with E-state index in [0.717, 1.165) is 0 Å². The quantitative estimate of drug-likeness (QED) is 0.297. The van der Waals surface area contributed by atoms with E-state index in [1.807, 2.05) is 20.8 Å². The Hall–Kier alpha value is -2.69. The number of hydrogen-bond acceptors (Lipinski definition) is 7. The fourth-order valence-corrected chi connectivity index (χ4v) is 3.88. The van der Waals surface area contributed by atoms with Crippen LogP contribution >= 0.6 is 0 Å². The third kappa shape index (κ3) is 7.41. The number of primary amides is 1. The van der Waals surface area contributed by atoms with Crippen LogP contribution in [0.2, 0.25) is 0 Å². The number of hydrogen-bond donors (Lipinski definition) is 6. The summed E-state index contributed by atoms with van der Waals surface area (Å²) in [7, 11) is 1.52. The fourth-order valence-electron chi connectivity index (χ4n) is 3.88. The van der Waals surface area contributed by atoms with Gasteiger partial charge in [0.15, 0.2) is 0 Å². The second kappa shape index (κ2) is 10.5. The molecule has 1 fully saturated rings. The van der Waals surface area contributed by atoms with Gasteiger partial charge in [-0.15, -0.1) is 0 Å². The Bertz CT molecular complexity index is 853. The zero-order valence-corrected chi connectivity index (χ0v) is 19.5. The number of ether oxygens (including phenoxy) is 1. The van der Waals surface area contributed by atoms with Crippen molar-refractivity contribution in [2.45, 2.75) is 76.3 Å². The number of aliphatic hydroxyl groups excluding tert-OH is 2. The number of carbonyl (C=O) groups excluding carboxylic acids is 3. The average Bonchev–Trinajstić information content (AvgIpc) is 2.70. The Morgan fingerprint density at radius 1 is 1.18 bits per heavy atom. The van der Waals surface area contributed by atoms with E-state index in [1.165, 1.54) is 7.11 Å². The van der Waals surface area contributed by atoms with E-state index < -0.39 is 48.1 Å².